The summed E-state index contributed by atoms with van der Waals surface area (Å²) < 4.78 is 34.1. The van der Waals surface area contributed by atoms with Crippen LogP contribution in [0.5, 0.6) is 5.19 Å². The molecule has 1 N–H and O–H groups in total. The lowest BCUT2D eigenvalue weighted by molar-refractivity contribution is 0.170. The molecule has 2 aliphatic rings. The zero-order valence-electron chi connectivity index (χ0n) is 22.6. The van der Waals surface area contributed by atoms with Crippen LogP contribution in [0.2, 0.25) is 0 Å². The third kappa shape index (κ3) is 6.77. The van der Waals surface area contributed by atoms with E-state index in [0.717, 1.165) is 66.1 Å². The Bertz CT molecular complexity index is 1400. The van der Waals surface area contributed by atoms with Gasteiger partial charge in [0.25, 0.3) is 5.19 Å². The minimum absolute atomic E-state index is 0.0266. The van der Waals surface area contributed by atoms with Gasteiger partial charge >= 0.3 is 0 Å². The summed E-state index contributed by atoms with van der Waals surface area (Å²) in [6.45, 7) is 6.29. The molecule has 4 heterocycles. The topological polar surface area (TPSA) is 109 Å². The van der Waals surface area contributed by atoms with Crippen LogP contribution in [0.1, 0.15) is 50.7 Å². The van der Waals surface area contributed by atoms with Crippen LogP contribution in [0.15, 0.2) is 36.7 Å². The Morgan fingerprint density at radius 1 is 1.18 bits per heavy atom. The van der Waals surface area contributed by atoms with Gasteiger partial charge < -0.3 is 14.7 Å². The fraction of sp³-hybridized carbons (Fsp3) is 0.536. The highest BCUT2D eigenvalue weighted by Gasteiger charge is 2.27. The van der Waals surface area contributed by atoms with Crippen LogP contribution in [-0.4, -0.2) is 77.4 Å². The number of thiazole rings is 1. The predicted octanol–water partition coefficient (Wildman–Crippen LogP) is 4.13. The number of piperidine rings is 1. The van der Waals surface area contributed by atoms with Gasteiger partial charge in [-0.05, 0) is 47.6 Å². The Labute approximate surface area is 234 Å². The zero-order valence-corrected chi connectivity index (χ0v) is 24.3. The van der Waals surface area contributed by atoms with E-state index >= 15 is 0 Å². The number of hydrogen-bond donors (Lipinski definition) is 1. The minimum Gasteiger partial charge on any atom is -0.467 e. The fourth-order valence-electron chi connectivity index (χ4n) is 5.08. The molecule has 11 heteroatoms. The number of aromatic nitrogens is 3. The summed E-state index contributed by atoms with van der Waals surface area (Å²) in [5.74, 6) is 0.495. The van der Waals surface area contributed by atoms with Gasteiger partial charge in [0.05, 0.1) is 16.0 Å². The van der Waals surface area contributed by atoms with Crippen molar-refractivity contribution in [2.75, 3.05) is 43.4 Å². The van der Waals surface area contributed by atoms with Crippen LogP contribution in [0.3, 0.4) is 0 Å². The van der Waals surface area contributed by atoms with Gasteiger partial charge in [0.15, 0.2) is 0 Å². The largest absolute Gasteiger partial charge is 0.467 e. The quantitative estimate of drug-likeness (QED) is 0.387. The Hall–Kier alpha value is -2.60. The summed E-state index contributed by atoms with van der Waals surface area (Å²) in [6.07, 6.45) is 10.5. The Balaban J connectivity index is 1.18. The maximum absolute atomic E-state index is 12.6. The second-order valence-corrected chi connectivity index (χ2v) is 13.5. The Morgan fingerprint density at radius 3 is 2.62 bits per heavy atom. The van der Waals surface area contributed by atoms with Gasteiger partial charge in [0, 0.05) is 58.0 Å². The van der Waals surface area contributed by atoms with E-state index in [1.165, 1.54) is 9.87 Å². The summed E-state index contributed by atoms with van der Waals surface area (Å²) in [7, 11) is -3.37. The smallest absolute Gasteiger partial charge is 0.274 e. The molecule has 3 aromatic rings. The van der Waals surface area contributed by atoms with Gasteiger partial charge in [-0.3, -0.25) is 0 Å². The molecular weight excluding hydrogens is 534 g/mol. The number of aryl methyl sites for hydroxylation is 1. The first-order valence-corrected chi connectivity index (χ1v) is 16.2. The van der Waals surface area contributed by atoms with Crippen molar-refractivity contribution in [1.29, 1.82) is 0 Å². The number of ether oxygens (including phenoxy) is 1. The molecule has 1 saturated heterocycles. The van der Waals surface area contributed by atoms with E-state index in [2.05, 4.69) is 33.9 Å². The van der Waals surface area contributed by atoms with Gasteiger partial charge in [-0.2, -0.15) is 4.31 Å². The number of rotatable bonds is 10. The summed E-state index contributed by atoms with van der Waals surface area (Å²) >= 11 is 1.56. The molecule has 0 spiro atoms. The average molecular weight is 572 g/mol. The monoisotopic (exact) mass is 571 g/mol. The van der Waals surface area contributed by atoms with Crippen LogP contribution in [-0.2, 0) is 16.4 Å². The summed E-state index contributed by atoms with van der Waals surface area (Å²) in [6, 6.07) is 6.20. The highest BCUT2D eigenvalue weighted by Crippen LogP contribution is 2.33. The van der Waals surface area contributed by atoms with Gasteiger partial charge in [-0.15, -0.1) is 0 Å². The van der Waals surface area contributed by atoms with Gasteiger partial charge in [-0.1, -0.05) is 43.7 Å². The molecule has 1 unspecified atom stereocenters. The van der Waals surface area contributed by atoms with Crippen LogP contribution in [0.25, 0.3) is 15.8 Å². The van der Waals surface area contributed by atoms with E-state index in [9.17, 15) is 13.5 Å². The van der Waals surface area contributed by atoms with Crippen molar-refractivity contribution in [1.82, 2.24) is 19.3 Å². The molecule has 1 fully saturated rings. The second kappa shape index (κ2) is 12.3. The molecule has 0 amide bonds. The molecule has 39 heavy (non-hydrogen) atoms. The lowest BCUT2D eigenvalue weighted by Crippen LogP contribution is -2.39. The summed E-state index contributed by atoms with van der Waals surface area (Å²) in [5.41, 5.74) is 4.33. The maximum atomic E-state index is 12.6. The highest BCUT2D eigenvalue weighted by molar-refractivity contribution is 7.89. The summed E-state index contributed by atoms with van der Waals surface area (Å²) in [5, 5.41) is 9.92. The van der Waals surface area contributed by atoms with E-state index in [1.54, 1.807) is 18.3 Å². The van der Waals surface area contributed by atoms with Crippen molar-refractivity contribution < 1.29 is 18.3 Å². The third-order valence-corrected chi connectivity index (χ3v) is 10.4. The Morgan fingerprint density at radius 2 is 1.95 bits per heavy atom. The van der Waals surface area contributed by atoms with Gasteiger partial charge in [-0.25, -0.2) is 23.4 Å². The van der Waals surface area contributed by atoms with Crippen molar-refractivity contribution >= 4 is 43.1 Å². The van der Waals surface area contributed by atoms with Crippen molar-refractivity contribution in [2.45, 2.75) is 52.1 Å². The van der Waals surface area contributed by atoms with Crippen molar-refractivity contribution in [3.8, 4) is 5.19 Å². The van der Waals surface area contributed by atoms with Gasteiger partial charge in [0.2, 0.25) is 16.0 Å². The Kier molecular flexibility index (Phi) is 8.80. The number of fused-ring (bicyclic) bond motifs is 1. The standard InChI is InChI=1S/C28H37N5O4S2/c1-3-4-21-16-29-27(30-17-21)32-11-9-24(10-12-32)37-28-31-25-6-5-23(15-26(25)38-28)22-7-13-33(14-8-22)39(35,36)19-20(2)18-34/h5-7,15-17,20,24,34H,3-4,8-14,18-19H2,1-2H3. The van der Waals surface area contributed by atoms with E-state index < -0.39 is 10.0 Å². The molecule has 5 rings (SSSR count). The predicted molar refractivity (Wildman–Crippen MR) is 156 cm³/mol. The lowest BCUT2D eigenvalue weighted by Gasteiger charge is -2.31. The average Bonchev–Trinajstić information content (AvgIpc) is 3.35. The SMILES string of the molecule is CCCc1cnc(N2CCC(Oc3nc4ccc(C5=CCN(S(=O)(=O)CC(C)CO)CC5)cc4s3)CC2)nc1. The summed E-state index contributed by atoms with van der Waals surface area (Å²) in [4.78, 5) is 16.0. The first-order chi connectivity index (χ1) is 18.8. The fourth-order valence-corrected chi connectivity index (χ4v) is 7.71. The maximum Gasteiger partial charge on any atom is 0.274 e. The zero-order chi connectivity index (χ0) is 27.4. The van der Waals surface area contributed by atoms with E-state index in [4.69, 9.17) is 9.72 Å². The number of aliphatic hydroxyl groups is 1. The van der Waals surface area contributed by atoms with Crippen LogP contribution in [0, 0.1) is 5.92 Å². The van der Waals surface area contributed by atoms with Crippen LogP contribution < -0.4 is 9.64 Å². The van der Waals surface area contributed by atoms with Crippen LogP contribution in [0.4, 0.5) is 5.95 Å². The number of hydrogen-bond acceptors (Lipinski definition) is 9. The van der Waals surface area contributed by atoms with E-state index in [1.807, 2.05) is 24.5 Å². The van der Waals surface area contributed by atoms with E-state index in [-0.39, 0.29) is 24.4 Å². The number of benzene rings is 1. The first-order valence-electron chi connectivity index (χ1n) is 13.8. The van der Waals surface area contributed by atoms with Crippen LogP contribution >= 0.6 is 11.3 Å². The second-order valence-electron chi connectivity index (χ2n) is 10.5. The molecule has 1 atom stereocenters. The normalized spacial score (nSPS) is 18.3. The molecule has 0 aliphatic carbocycles. The first kappa shape index (κ1) is 27.9. The molecule has 2 aliphatic heterocycles. The molecule has 0 radical (unpaired) electrons. The van der Waals surface area contributed by atoms with Crippen molar-refractivity contribution in [3.05, 3.63) is 47.8 Å². The van der Waals surface area contributed by atoms with Crippen molar-refractivity contribution in [2.24, 2.45) is 5.92 Å². The van der Waals surface area contributed by atoms with E-state index in [0.29, 0.717) is 24.7 Å². The highest BCUT2D eigenvalue weighted by atomic mass is 32.2. The molecule has 2 aromatic heterocycles. The number of aliphatic hydroxyl groups excluding tert-OH is 1. The number of anilines is 1. The molecule has 9 nitrogen and oxygen atoms in total. The molecular formula is C28H37N5O4S2. The van der Waals surface area contributed by atoms with Gasteiger partial charge in [0.1, 0.15) is 6.10 Å². The molecule has 210 valence electrons. The number of nitrogens with zero attached hydrogens (tertiary/aromatic N) is 5. The minimum atomic E-state index is -3.37. The number of sulfonamides is 1. The molecule has 1 aromatic carbocycles. The lowest BCUT2D eigenvalue weighted by atomic mass is 10.0. The van der Waals surface area contributed by atoms with Crippen molar-refractivity contribution in [3.63, 3.8) is 0 Å². The third-order valence-electron chi connectivity index (χ3n) is 7.33. The molecule has 0 saturated carbocycles. The molecule has 0 bridgehead atoms.